The zero-order valence-corrected chi connectivity index (χ0v) is 8.44. The van der Waals surface area contributed by atoms with Crippen molar-refractivity contribution in [3.63, 3.8) is 0 Å². The number of carbonyl (C=O) groups excluding carboxylic acids is 1. The number of amides is 1. The van der Waals surface area contributed by atoms with E-state index in [4.69, 9.17) is 0 Å². The van der Waals surface area contributed by atoms with Gasteiger partial charge in [0, 0.05) is 7.05 Å². The topological polar surface area (TPSA) is 54.5 Å². The SMILES string of the molecule is CCCS(=O)(=O)N(C)C(=O)C(F)(F)F. The van der Waals surface area contributed by atoms with Crippen molar-refractivity contribution in [1.82, 2.24) is 4.31 Å². The Labute approximate surface area is 79.7 Å². The number of hydrogen-bond donors (Lipinski definition) is 0. The van der Waals surface area contributed by atoms with Crippen molar-refractivity contribution in [2.75, 3.05) is 12.8 Å². The van der Waals surface area contributed by atoms with Gasteiger partial charge in [-0.1, -0.05) is 6.92 Å². The molecule has 8 heteroatoms. The quantitative estimate of drug-likeness (QED) is 0.722. The Kier molecular flexibility index (Phi) is 3.92. The second-order valence-electron chi connectivity index (χ2n) is 2.59. The van der Waals surface area contributed by atoms with Crippen LogP contribution in [0, 0.1) is 0 Å². The first-order chi connectivity index (χ1) is 6.13. The molecule has 0 saturated heterocycles. The summed E-state index contributed by atoms with van der Waals surface area (Å²) in [6, 6.07) is 0. The second kappa shape index (κ2) is 4.16. The van der Waals surface area contributed by atoms with Crippen molar-refractivity contribution in [1.29, 1.82) is 0 Å². The minimum atomic E-state index is -5.16. The summed E-state index contributed by atoms with van der Waals surface area (Å²) < 4.78 is 57.2. The molecule has 0 radical (unpaired) electrons. The summed E-state index contributed by atoms with van der Waals surface area (Å²) in [7, 11) is -3.53. The van der Waals surface area contributed by atoms with E-state index in [1.807, 2.05) is 0 Å². The molecule has 1 amide bonds. The second-order valence-corrected chi connectivity index (χ2v) is 4.71. The molecule has 0 aliphatic heterocycles. The van der Waals surface area contributed by atoms with Crippen molar-refractivity contribution < 1.29 is 26.4 Å². The Hall–Kier alpha value is -0.790. The molecule has 0 fully saturated rings. The third kappa shape index (κ3) is 3.17. The lowest BCUT2D eigenvalue weighted by atomic mass is 10.6. The average molecular weight is 233 g/mol. The van der Waals surface area contributed by atoms with E-state index in [2.05, 4.69) is 0 Å². The van der Waals surface area contributed by atoms with Crippen LogP contribution in [-0.2, 0) is 14.8 Å². The summed E-state index contributed by atoms with van der Waals surface area (Å²) in [5.74, 6) is -2.85. The fraction of sp³-hybridized carbons (Fsp3) is 0.833. The van der Waals surface area contributed by atoms with Crippen LogP contribution in [0.2, 0.25) is 0 Å². The van der Waals surface area contributed by atoms with Crippen LogP contribution >= 0.6 is 0 Å². The lowest BCUT2D eigenvalue weighted by Crippen LogP contribution is -2.43. The molecule has 84 valence electrons. The summed E-state index contributed by atoms with van der Waals surface area (Å²) in [5, 5.41) is 0. The maximum atomic E-state index is 11.8. The summed E-state index contributed by atoms with van der Waals surface area (Å²) in [5.41, 5.74) is 0. The predicted molar refractivity (Wildman–Crippen MR) is 42.9 cm³/mol. The standard InChI is InChI=1S/C6H10F3NO3S/c1-3-4-14(12,13)10(2)5(11)6(7,8)9/h3-4H2,1-2H3. The van der Waals surface area contributed by atoms with Crippen LogP contribution in [0.1, 0.15) is 13.3 Å². The van der Waals surface area contributed by atoms with E-state index in [-0.39, 0.29) is 10.7 Å². The van der Waals surface area contributed by atoms with Gasteiger partial charge in [-0.05, 0) is 6.42 Å². The number of carbonyl (C=O) groups is 1. The van der Waals surface area contributed by atoms with Crippen LogP contribution < -0.4 is 0 Å². The maximum absolute atomic E-state index is 11.8. The molecule has 4 nitrogen and oxygen atoms in total. The van der Waals surface area contributed by atoms with E-state index in [0.29, 0.717) is 7.05 Å². The highest BCUT2D eigenvalue weighted by molar-refractivity contribution is 7.89. The number of rotatable bonds is 3. The zero-order chi connectivity index (χ0) is 11.6. The molecule has 0 aliphatic rings. The average Bonchev–Trinajstić information content (AvgIpc) is 2.00. The third-order valence-electron chi connectivity index (χ3n) is 1.41. The lowest BCUT2D eigenvalue weighted by Gasteiger charge is -2.18. The molecule has 0 spiro atoms. The number of sulfonamides is 1. The third-order valence-corrected chi connectivity index (χ3v) is 3.33. The van der Waals surface area contributed by atoms with Gasteiger partial charge in [0.05, 0.1) is 5.75 Å². The Bertz CT molecular complexity index is 309. The number of hydrogen-bond acceptors (Lipinski definition) is 3. The fourth-order valence-corrected chi connectivity index (χ4v) is 1.85. The van der Waals surface area contributed by atoms with Gasteiger partial charge in [0.15, 0.2) is 0 Å². The number of halogens is 3. The fourth-order valence-electron chi connectivity index (χ4n) is 0.700. The molecular weight excluding hydrogens is 223 g/mol. The van der Waals surface area contributed by atoms with E-state index < -0.39 is 27.9 Å². The Balaban J connectivity index is 4.81. The smallest absolute Gasteiger partial charge is 0.263 e. The summed E-state index contributed by atoms with van der Waals surface area (Å²) >= 11 is 0. The monoisotopic (exact) mass is 233 g/mol. The Morgan fingerprint density at radius 2 is 1.79 bits per heavy atom. The highest BCUT2D eigenvalue weighted by Gasteiger charge is 2.44. The van der Waals surface area contributed by atoms with Gasteiger partial charge in [-0.2, -0.15) is 13.2 Å². The highest BCUT2D eigenvalue weighted by Crippen LogP contribution is 2.19. The molecular formula is C6H10F3NO3S. The van der Waals surface area contributed by atoms with Crippen molar-refractivity contribution in [3.05, 3.63) is 0 Å². The first-order valence-electron chi connectivity index (χ1n) is 3.70. The minimum Gasteiger partial charge on any atom is -0.263 e. The Morgan fingerprint density at radius 3 is 2.07 bits per heavy atom. The number of alkyl halides is 3. The van der Waals surface area contributed by atoms with E-state index in [1.54, 1.807) is 0 Å². The van der Waals surface area contributed by atoms with E-state index >= 15 is 0 Å². The lowest BCUT2D eigenvalue weighted by molar-refractivity contribution is -0.179. The molecule has 0 aliphatic carbocycles. The number of nitrogens with zero attached hydrogens (tertiary/aromatic N) is 1. The van der Waals surface area contributed by atoms with Gasteiger partial charge in [0.2, 0.25) is 10.0 Å². The van der Waals surface area contributed by atoms with E-state index in [1.165, 1.54) is 6.92 Å². The first-order valence-corrected chi connectivity index (χ1v) is 5.31. The molecule has 0 aromatic carbocycles. The van der Waals surface area contributed by atoms with Gasteiger partial charge in [-0.15, -0.1) is 0 Å². The van der Waals surface area contributed by atoms with Crippen LogP contribution in [0.5, 0.6) is 0 Å². The molecule has 0 aromatic heterocycles. The molecule has 0 saturated carbocycles. The minimum absolute atomic E-state index is 0.151. The molecule has 0 atom stereocenters. The largest absolute Gasteiger partial charge is 0.472 e. The molecule has 0 aromatic rings. The van der Waals surface area contributed by atoms with Crippen molar-refractivity contribution in [3.8, 4) is 0 Å². The van der Waals surface area contributed by atoms with Gasteiger partial charge in [0.25, 0.3) is 0 Å². The first kappa shape index (κ1) is 13.2. The normalized spacial score (nSPS) is 12.6. The molecule has 0 rings (SSSR count). The maximum Gasteiger partial charge on any atom is 0.472 e. The molecule has 14 heavy (non-hydrogen) atoms. The van der Waals surface area contributed by atoms with Crippen LogP contribution in [0.3, 0.4) is 0 Å². The van der Waals surface area contributed by atoms with Crippen LogP contribution in [-0.4, -0.2) is 37.6 Å². The molecule has 0 heterocycles. The molecule has 0 bridgehead atoms. The van der Waals surface area contributed by atoms with Crippen molar-refractivity contribution >= 4 is 15.9 Å². The van der Waals surface area contributed by atoms with Gasteiger partial charge >= 0.3 is 12.1 Å². The summed E-state index contributed by atoms with van der Waals surface area (Å²) in [6.07, 6.45) is -5.01. The van der Waals surface area contributed by atoms with Gasteiger partial charge in [-0.25, -0.2) is 12.7 Å². The highest BCUT2D eigenvalue weighted by atomic mass is 32.2. The zero-order valence-electron chi connectivity index (χ0n) is 7.63. The molecule has 0 unspecified atom stereocenters. The van der Waals surface area contributed by atoms with Crippen molar-refractivity contribution in [2.45, 2.75) is 19.5 Å². The van der Waals surface area contributed by atoms with Gasteiger partial charge in [0.1, 0.15) is 0 Å². The predicted octanol–water partition coefficient (Wildman–Crippen LogP) is 0.747. The van der Waals surface area contributed by atoms with Crippen molar-refractivity contribution in [2.24, 2.45) is 0 Å². The van der Waals surface area contributed by atoms with Gasteiger partial charge in [-0.3, -0.25) is 4.79 Å². The Morgan fingerprint density at radius 1 is 1.36 bits per heavy atom. The van der Waals surface area contributed by atoms with Crippen LogP contribution in [0.15, 0.2) is 0 Å². The van der Waals surface area contributed by atoms with E-state index in [0.717, 1.165) is 0 Å². The summed E-state index contributed by atoms with van der Waals surface area (Å²) in [4.78, 5) is 10.5. The summed E-state index contributed by atoms with van der Waals surface area (Å²) in [6.45, 7) is 1.49. The molecule has 0 N–H and O–H groups in total. The van der Waals surface area contributed by atoms with Crippen LogP contribution in [0.25, 0.3) is 0 Å². The van der Waals surface area contributed by atoms with E-state index in [9.17, 15) is 26.4 Å². The van der Waals surface area contributed by atoms with Gasteiger partial charge < -0.3 is 0 Å². The van der Waals surface area contributed by atoms with Crippen LogP contribution in [0.4, 0.5) is 13.2 Å².